The second kappa shape index (κ2) is 7.45. The van der Waals surface area contributed by atoms with Crippen molar-refractivity contribution in [1.82, 2.24) is 0 Å². The van der Waals surface area contributed by atoms with Gasteiger partial charge >= 0.3 is 0 Å². The third kappa shape index (κ3) is 4.55. The molecule has 0 aliphatic heterocycles. The highest BCUT2D eigenvalue weighted by Crippen LogP contribution is 2.21. The minimum absolute atomic E-state index is 0.0782. The fourth-order valence-electron chi connectivity index (χ4n) is 2.41. The van der Waals surface area contributed by atoms with Gasteiger partial charge in [0.15, 0.2) is 0 Å². The van der Waals surface area contributed by atoms with Gasteiger partial charge in [-0.15, -0.1) is 0 Å². The minimum atomic E-state index is -0.560. The fraction of sp³-hybridized carbons (Fsp3) is 0.222. The highest BCUT2D eigenvalue weighted by atomic mass is 35.5. The van der Waals surface area contributed by atoms with Crippen LogP contribution >= 0.6 is 11.6 Å². The molecule has 2 rings (SSSR count). The van der Waals surface area contributed by atoms with E-state index in [2.05, 4.69) is 5.32 Å². The summed E-state index contributed by atoms with van der Waals surface area (Å²) in [6.45, 7) is 5.11. The molecule has 0 saturated carbocycles. The maximum Gasteiger partial charge on any atom is 0.244 e. The number of rotatable bonds is 4. The summed E-state index contributed by atoms with van der Waals surface area (Å²) < 4.78 is 13.2. The SMILES string of the molecule is CC(=O)N(CC(=O)Nc1ccc(F)c(Cl)c1)c1cc(C)cc(C)c1. The molecule has 1 N–H and O–H groups in total. The van der Waals surface area contributed by atoms with Crippen molar-refractivity contribution in [3.63, 3.8) is 0 Å². The summed E-state index contributed by atoms with van der Waals surface area (Å²) in [6, 6.07) is 9.58. The first kappa shape index (κ1) is 17.9. The third-order valence-corrected chi connectivity index (χ3v) is 3.69. The molecule has 0 saturated heterocycles. The number of aryl methyl sites for hydroxylation is 2. The Balaban J connectivity index is 2.16. The molecule has 4 nitrogen and oxygen atoms in total. The average molecular weight is 349 g/mol. The number of hydrogen-bond donors (Lipinski definition) is 1. The maximum absolute atomic E-state index is 13.2. The van der Waals surface area contributed by atoms with Crippen LogP contribution in [-0.2, 0) is 9.59 Å². The van der Waals surface area contributed by atoms with Gasteiger partial charge in [0.2, 0.25) is 11.8 Å². The van der Waals surface area contributed by atoms with Crippen LogP contribution in [0.3, 0.4) is 0 Å². The summed E-state index contributed by atoms with van der Waals surface area (Å²) in [4.78, 5) is 25.5. The Bertz CT molecular complexity index is 772. The van der Waals surface area contributed by atoms with Crippen LogP contribution < -0.4 is 10.2 Å². The molecular formula is C18H18ClFN2O2. The standard InChI is InChI=1S/C18H18ClFN2O2/c1-11-6-12(2)8-15(7-11)22(13(3)23)10-18(24)21-14-4-5-17(20)16(19)9-14/h4-9H,10H2,1-3H3,(H,21,24). The summed E-state index contributed by atoms with van der Waals surface area (Å²) in [6.07, 6.45) is 0. The summed E-state index contributed by atoms with van der Waals surface area (Å²) in [5, 5.41) is 2.53. The second-order valence-corrected chi connectivity index (χ2v) is 6.04. The molecule has 2 aromatic carbocycles. The Hall–Kier alpha value is -2.40. The molecule has 0 radical (unpaired) electrons. The Morgan fingerprint density at radius 3 is 2.29 bits per heavy atom. The van der Waals surface area contributed by atoms with Crippen LogP contribution in [-0.4, -0.2) is 18.4 Å². The van der Waals surface area contributed by atoms with Crippen LogP contribution in [0.15, 0.2) is 36.4 Å². The molecule has 0 bridgehead atoms. The molecule has 2 aromatic rings. The van der Waals surface area contributed by atoms with E-state index in [9.17, 15) is 14.0 Å². The van der Waals surface area contributed by atoms with Gasteiger partial charge < -0.3 is 10.2 Å². The van der Waals surface area contributed by atoms with Crippen molar-refractivity contribution in [2.75, 3.05) is 16.8 Å². The minimum Gasteiger partial charge on any atom is -0.324 e. The number of amides is 2. The first-order valence-electron chi connectivity index (χ1n) is 7.37. The summed E-state index contributed by atoms with van der Waals surface area (Å²) in [5.41, 5.74) is 3.03. The van der Waals surface area contributed by atoms with Crippen LogP contribution in [0, 0.1) is 19.7 Å². The molecular weight excluding hydrogens is 331 g/mol. The Labute approximate surface area is 145 Å². The third-order valence-electron chi connectivity index (χ3n) is 3.40. The van der Waals surface area contributed by atoms with E-state index >= 15 is 0 Å². The quantitative estimate of drug-likeness (QED) is 0.904. The van der Waals surface area contributed by atoms with Crippen LogP contribution in [0.2, 0.25) is 5.02 Å². The van der Waals surface area contributed by atoms with Crippen molar-refractivity contribution in [3.05, 3.63) is 58.4 Å². The first-order chi connectivity index (χ1) is 11.3. The van der Waals surface area contributed by atoms with E-state index in [4.69, 9.17) is 11.6 Å². The van der Waals surface area contributed by atoms with Gasteiger partial charge in [-0.3, -0.25) is 9.59 Å². The van der Waals surface area contributed by atoms with Gasteiger partial charge in [-0.05, 0) is 55.3 Å². The number of anilines is 2. The average Bonchev–Trinajstić information content (AvgIpc) is 2.47. The van der Waals surface area contributed by atoms with Crippen molar-refractivity contribution >= 4 is 34.8 Å². The van der Waals surface area contributed by atoms with E-state index in [-0.39, 0.29) is 17.5 Å². The number of nitrogens with one attached hydrogen (secondary N) is 1. The molecule has 0 fully saturated rings. The predicted molar refractivity (Wildman–Crippen MR) is 94.0 cm³/mol. The summed E-state index contributed by atoms with van der Waals surface area (Å²) in [7, 11) is 0. The molecule has 0 spiro atoms. The maximum atomic E-state index is 13.2. The van der Waals surface area contributed by atoms with Crippen molar-refractivity contribution in [1.29, 1.82) is 0 Å². The molecule has 2 amide bonds. The van der Waals surface area contributed by atoms with Crippen LogP contribution in [0.1, 0.15) is 18.1 Å². The Morgan fingerprint density at radius 2 is 1.75 bits per heavy atom. The molecule has 0 aliphatic rings. The zero-order valence-electron chi connectivity index (χ0n) is 13.7. The molecule has 0 aromatic heterocycles. The van der Waals surface area contributed by atoms with E-state index in [0.29, 0.717) is 11.4 Å². The molecule has 0 unspecified atom stereocenters. The van der Waals surface area contributed by atoms with Gasteiger partial charge in [0.1, 0.15) is 12.4 Å². The van der Waals surface area contributed by atoms with E-state index in [1.165, 1.54) is 30.0 Å². The number of hydrogen-bond acceptors (Lipinski definition) is 2. The summed E-state index contributed by atoms with van der Waals surface area (Å²) >= 11 is 5.69. The summed E-state index contributed by atoms with van der Waals surface area (Å²) in [5.74, 6) is -1.20. The smallest absolute Gasteiger partial charge is 0.244 e. The zero-order chi connectivity index (χ0) is 17.9. The van der Waals surface area contributed by atoms with Gasteiger partial charge in [-0.1, -0.05) is 17.7 Å². The molecule has 126 valence electrons. The lowest BCUT2D eigenvalue weighted by atomic mass is 10.1. The topological polar surface area (TPSA) is 49.4 Å². The number of halogens is 2. The van der Waals surface area contributed by atoms with Gasteiger partial charge in [-0.2, -0.15) is 0 Å². The monoisotopic (exact) mass is 348 g/mol. The lowest BCUT2D eigenvalue weighted by molar-refractivity contribution is -0.120. The van der Waals surface area contributed by atoms with Crippen molar-refractivity contribution in [2.24, 2.45) is 0 Å². The van der Waals surface area contributed by atoms with Gasteiger partial charge in [0.05, 0.1) is 5.02 Å². The van der Waals surface area contributed by atoms with Crippen molar-refractivity contribution < 1.29 is 14.0 Å². The van der Waals surface area contributed by atoms with Gasteiger partial charge in [0.25, 0.3) is 0 Å². The van der Waals surface area contributed by atoms with Gasteiger partial charge in [-0.25, -0.2) is 4.39 Å². The number of carbonyl (C=O) groups excluding carboxylic acids is 2. The molecule has 6 heteroatoms. The fourth-order valence-corrected chi connectivity index (χ4v) is 2.59. The predicted octanol–water partition coefficient (Wildman–Crippen LogP) is 4.09. The molecule has 0 heterocycles. The van der Waals surface area contributed by atoms with E-state index in [1.54, 1.807) is 0 Å². The lowest BCUT2D eigenvalue weighted by Crippen LogP contribution is -2.36. The second-order valence-electron chi connectivity index (χ2n) is 5.63. The Kier molecular flexibility index (Phi) is 5.57. The zero-order valence-corrected chi connectivity index (χ0v) is 14.4. The molecule has 0 atom stereocenters. The van der Waals surface area contributed by atoms with Crippen LogP contribution in [0.25, 0.3) is 0 Å². The lowest BCUT2D eigenvalue weighted by Gasteiger charge is -2.21. The van der Waals surface area contributed by atoms with E-state index < -0.39 is 11.7 Å². The normalized spacial score (nSPS) is 10.4. The first-order valence-corrected chi connectivity index (χ1v) is 7.75. The van der Waals surface area contributed by atoms with Crippen molar-refractivity contribution in [2.45, 2.75) is 20.8 Å². The molecule has 0 aliphatic carbocycles. The molecule has 24 heavy (non-hydrogen) atoms. The van der Waals surface area contributed by atoms with Crippen LogP contribution in [0.4, 0.5) is 15.8 Å². The van der Waals surface area contributed by atoms with Crippen molar-refractivity contribution in [3.8, 4) is 0 Å². The highest BCUT2D eigenvalue weighted by Gasteiger charge is 2.17. The Morgan fingerprint density at radius 1 is 1.12 bits per heavy atom. The number of carbonyl (C=O) groups is 2. The number of benzene rings is 2. The van der Waals surface area contributed by atoms with E-state index in [1.807, 2.05) is 32.0 Å². The van der Waals surface area contributed by atoms with Gasteiger partial charge in [0, 0.05) is 18.3 Å². The van der Waals surface area contributed by atoms with Crippen LogP contribution in [0.5, 0.6) is 0 Å². The van der Waals surface area contributed by atoms with E-state index in [0.717, 1.165) is 11.1 Å². The largest absolute Gasteiger partial charge is 0.324 e. The highest BCUT2D eigenvalue weighted by molar-refractivity contribution is 6.31. The number of nitrogens with zero attached hydrogens (tertiary/aromatic N) is 1.